The number of hydrogen-bond donors (Lipinski definition) is 1. The fraction of sp³-hybridized carbons (Fsp3) is 0.182. The number of anilines is 2. The maximum atomic E-state index is 13.6. The number of aryl methyl sites for hydroxylation is 2. The van der Waals surface area contributed by atoms with Gasteiger partial charge in [0, 0.05) is 32.4 Å². The summed E-state index contributed by atoms with van der Waals surface area (Å²) in [6.45, 7) is 4.17. The maximum Gasteiger partial charge on any atom is 0.337 e. The zero-order valence-corrected chi connectivity index (χ0v) is 25.3. The molecule has 1 aliphatic heterocycles. The van der Waals surface area contributed by atoms with Gasteiger partial charge in [0.2, 0.25) is 0 Å². The molecule has 0 radical (unpaired) electrons. The molecule has 0 bridgehead atoms. The fourth-order valence-electron chi connectivity index (χ4n) is 5.14. The van der Waals surface area contributed by atoms with Gasteiger partial charge in [0.05, 0.1) is 24.8 Å². The van der Waals surface area contributed by atoms with Gasteiger partial charge < -0.3 is 15.0 Å². The Balaban J connectivity index is 1.77. The van der Waals surface area contributed by atoms with Gasteiger partial charge in [-0.25, -0.2) is 4.79 Å². The number of nitrogens with one attached hydrogen (secondary N) is 1. The Kier molecular flexibility index (Phi) is 8.24. The molecule has 0 fully saturated rings. The molecule has 0 saturated carbocycles. The molecule has 5 rings (SSSR count). The number of carbonyl (C=O) groups is 1. The van der Waals surface area contributed by atoms with Crippen LogP contribution in [0.1, 0.15) is 40.8 Å². The molecule has 4 aromatic rings. The van der Waals surface area contributed by atoms with Crippen LogP contribution in [0.4, 0.5) is 11.4 Å². The van der Waals surface area contributed by atoms with Gasteiger partial charge >= 0.3 is 5.97 Å². The van der Waals surface area contributed by atoms with Gasteiger partial charge in [0.15, 0.2) is 0 Å². The summed E-state index contributed by atoms with van der Waals surface area (Å²) in [5.74, 6) is -0.343. The first-order chi connectivity index (χ1) is 18.8. The molecule has 1 aliphatic rings. The smallest absolute Gasteiger partial charge is 0.337 e. The van der Waals surface area contributed by atoms with Gasteiger partial charge in [-0.1, -0.05) is 91.5 Å². The minimum atomic E-state index is -0.378. The molecule has 4 nitrogen and oxygen atoms in total. The van der Waals surface area contributed by atoms with E-state index in [1.807, 2.05) is 36.4 Å². The van der Waals surface area contributed by atoms with Gasteiger partial charge in [-0.3, -0.25) is 0 Å². The van der Waals surface area contributed by atoms with Crippen molar-refractivity contribution in [2.24, 2.45) is 0 Å². The summed E-state index contributed by atoms with van der Waals surface area (Å²) < 4.78 is 7.43. The number of ether oxygens (including phenoxy) is 1. The van der Waals surface area contributed by atoms with Crippen LogP contribution in [0, 0.1) is 13.8 Å². The quantitative estimate of drug-likeness (QED) is 0.212. The van der Waals surface area contributed by atoms with E-state index in [4.69, 9.17) is 4.74 Å². The standard InChI is InChI=1S/C33H30Br2N2O2/c1-21-4-8-23(9-5-21)30-20-29(36-27-16-12-25(34)13-17-27)31(33(38)39-3)32(24-10-6-22(2)7-11-24)37(30)28-18-14-26(35)15-19-28/h4-19,30,32,36H,20H2,1-3H3/t30-,32+/m0/s1. The van der Waals surface area contributed by atoms with Gasteiger partial charge in [0.1, 0.15) is 0 Å². The Hall–Kier alpha value is -3.35. The Morgan fingerprint density at radius 2 is 1.28 bits per heavy atom. The zero-order chi connectivity index (χ0) is 27.5. The predicted molar refractivity (Wildman–Crippen MR) is 166 cm³/mol. The van der Waals surface area contributed by atoms with Crippen molar-refractivity contribution in [3.05, 3.63) is 140 Å². The SMILES string of the molecule is COC(=O)C1=C(Nc2ccc(Br)cc2)C[C@@H](c2ccc(C)cc2)N(c2ccc(Br)cc2)[C@@H]1c1ccc(C)cc1. The molecule has 0 aliphatic carbocycles. The van der Waals surface area contributed by atoms with Crippen LogP contribution in [0.3, 0.4) is 0 Å². The van der Waals surface area contributed by atoms with Crippen LogP contribution in [0.5, 0.6) is 0 Å². The lowest BCUT2D eigenvalue weighted by Gasteiger charge is -2.46. The van der Waals surface area contributed by atoms with Crippen molar-refractivity contribution in [1.82, 2.24) is 0 Å². The molecule has 0 amide bonds. The van der Waals surface area contributed by atoms with E-state index in [0.717, 1.165) is 37.1 Å². The lowest BCUT2D eigenvalue weighted by molar-refractivity contribution is -0.136. The number of methoxy groups -OCH3 is 1. The van der Waals surface area contributed by atoms with Crippen LogP contribution in [-0.4, -0.2) is 13.1 Å². The third kappa shape index (κ3) is 5.97. The molecular weight excluding hydrogens is 616 g/mol. The van der Waals surface area contributed by atoms with Crippen LogP contribution >= 0.6 is 31.9 Å². The highest BCUT2D eigenvalue weighted by molar-refractivity contribution is 9.10. The number of esters is 1. The van der Waals surface area contributed by atoms with Gasteiger partial charge in [-0.05, 0) is 73.5 Å². The zero-order valence-electron chi connectivity index (χ0n) is 22.1. The minimum Gasteiger partial charge on any atom is -0.466 e. The molecule has 1 N–H and O–H groups in total. The summed E-state index contributed by atoms with van der Waals surface area (Å²) in [6, 6.07) is 33.0. The second-order valence-corrected chi connectivity index (χ2v) is 11.7. The summed E-state index contributed by atoms with van der Waals surface area (Å²) in [4.78, 5) is 16.0. The average molecular weight is 646 g/mol. The minimum absolute atomic E-state index is 0.0376. The molecule has 4 aromatic carbocycles. The van der Waals surface area contributed by atoms with E-state index in [0.29, 0.717) is 12.0 Å². The molecular formula is C33H30Br2N2O2. The largest absolute Gasteiger partial charge is 0.466 e. The molecule has 6 heteroatoms. The number of benzene rings is 4. The molecule has 0 unspecified atom stereocenters. The molecule has 0 saturated heterocycles. The Morgan fingerprint density at radius 1 is 0.769 bits per heavy atom. The molecule has 1 heterocycles. The van der Waals surface area contributed by atoms with Crippen molar-refractivity contribution in [2.45, 2.75) is 32.4 Å². The van der Waals surface area contributed by atoms with Crippen molar-refractivity contribution >= 4 is 49.2 Å². The summed E-state index contributed by atoms with van der Waals surface area (Å²) in [5, 5.41) is 3.60. The third-order valence-electron chi connectivity index (χ3n) is 7.13. The first-order valence-corrected chi connectivity index (χ1v) is 14.4. The number of rotatable bonds is 6. The Morgan fingerprint density at radius 3 is 1.82 bits per heavy atom. The second kappa shape index (κ2) is 11.8. The molecule has 39 heavy (non-hydrogen) atoms. The van der Waals surface area contributed by atoms with E-state index in [1.54, 1.807) is 0 Å². The topological polar surface area (TPSA) is 41.6 Å². The van der Waals surface area contributed by atoms with Crippen LogP contribution in [0.2, 0.25) is 0 Å². The molecule has 0 aromatic heterocycles. The fourth-order valence-corrected chi connectivity index (χ4v) is 5.67. The van der Waals surface area contributed by atoms with E-state index in [9.17, 15) is 4.79 Å². The predicted octanol–water partition coefficient (Wildman–Crippen LogP) is 9.06. The summed E-state index contributed by atoms with van der Waals surface area (Å²) in [5.41, 5.74) is 7.98. The van der Waals surface area contributed by atoms with Gasteiger partial charge in [0.25, 0.3) is 0 Å². The van der Waals surface area contributed by atoms with Crippen molar-refractivity contribution in [2.75, 3.05) is 17.3 Å². The monoisotopic (exact) mass is 644 g/mol. The van der Waals surface area contributed by atoms with E-state index >= 15 is 0 Å². The van der Waals surface area contributed by atoms with Gasteiger partial charge in [-0.2, -0.15) is 0 Å². The normalized spacial score (nSPS) is 17.2. The van der Waals surface area contributed by atoms with E-state index in [2.05, 4.69) is 117 Å². The summed E-state index contributed by atoms with van der Waals surface area (Å²) >= 11 is 7.11. The van der Waals surface area contributed by atoms with Crippen LogP contribution in [0.25, 0.3) is 0 Å². The Labute approximate surface area is 247 Å². The Bertz CT molecular complexity index is 1480. The molecule has 198 valence electrons. The van der Waals surface area contributed by atoms with Crippen LogP contribution in [-0.2, 0) is 9.53 Å². The van der Waals surface area contributed by atoms with Crippen LogP contribution in [0.15, 0.2) is 117 Å². The van der Waals surface area contributed by atoms with E-state index in [1.165, 1.54) is 18.2 Å². The second-order valence-electron chi connectivity index (χ2n) is 9.84. The first-order valence-electron chi connectivity index (χ1n) is 12.8. The highest BCUT2D eigenvalue weighted by atomic mass is 79.9. The highest BCUT2D eigenvalue weighted by Crippen LogP contribution is 2.48. The summed E-state index contributed by atoms with van der Waals surface area (Å²) in [6.07, 6.45) is 0.599. The number of nitrogens with zero attached hydrogens (tertiary/aromatic N) is 1. The molecule has 0 spiro atoms. The lowest BCUT2D eigenvalue weighted by Crippen LogP contribution is -2.41. The highest BCUT2D eigenvalue weighted by Gasteiger charge is 2.41. The lowest BCUT2D eigenvalue weighted by atomic mass is 9.84. The summed E-state index contributed by atoms with van der Waals surface area (Å²) in [7, 11) is 1.45. The van der Waals surface area contributed by atoms with E-state index < -0.39 is 0 Å². The average Bonchev–Trinajstić information content (AvgIpc) is 2.95. The van der Waals surface area contributed by atoms with Gasteiger partial charge in [-0.15, -0.1) is 0 Å². The molecule has 2 atom stereocenters. The van der Waals surface area contributed by atoms with Crippen LogP contribution < -0.4 is 10.2 Å². The third-order valence-corrected chi connectivity index (χ3v) is 8.19. The number of carbonyl (C=O) groups excluding carboxylic acids is 1. The number of halogens is 2. The van der Waals surface area contributed by atoms with Crippen molar-refractivity contribution < 1.29 is 9.53 Å². The van der Waals surface area contributed by atoms with Crippen molar-refractivity contribution in [3.63, 3.8) is 0 Å². The van der Waals surface area contributed by atoms with E-state index in [-0.39, 0.29) is 18.1 Å². The number of hydrogen-bond acceptors (Lipinski definition) is 4. The van der Waals surface area contributed by atoms with Crippen molar-refractivity contribution in [1.29, 1.82) is 0 Å². The first kappa shape index (κ1) is 27.2. The van der Waals surface area contributed by atoms with Crippen molar-refractivity contribution in [3.8, 4) is 0 Å². The maximum absolute atomic E-state index is 13.6.